The van der Waals surface area contributed by atoms with Gasteiger partial charge in [0.1, 0.15) is 5.75 Å². The number of rotatable bonds is 5. The zero-order valence-corrected chi connectivity index (χ0v) is 14.6. The van der Waals surface area contributed by atoms with E-state index in [-0.39, 0.29) is 24.5 Å². The van der Waals surface area contributed by atoms with Crippen LogP contribution in [0.3, 0.4) is 0 Å². The Morgan fingerprint density at radius 2 is 2.04 bits per heavy atom. The van der Waals surface area contributed by atoms with E-state index in [0.717, 1.165) is 0 Å². The van der Waals surface area contributed by atoms with Gasteiger partial charge in [0, 0.05) is 13.1 Å². The summed E-state index contributed by atoms with van der Waals surface area (Å²) in [5.74, 6) is 0.107. The van der Waals surface area contributed by atoms with E-state index in [1.54, 1.807) is 12.1 Å². The smallest absolute Gasteiger partial charge is 0.228 e. The van der Waals surface area contributed by atoms with E-state index in [1.165, 1.54) is 10.6 Å². The van der Waals surface area contributed by atoms with Crippen LogP contribution >= 0.6 is 0 Å². The van der Waals surface area contributed by atoms with Gasteiger partial charge in [-0.25, -0.2) is 12.7 Å². The van der Waals surface area contributed by atoms with Crippen LogP contribution in [0.1, 0.15) is 26.7 Å². The number of ether oxygens (including phenoxy) is 1. The SMILES string of the molecule is CC(C)Oc1ccccc1NC(=O)[C@@H]1CCCN(S(C)(=O)=O)C1. The van der Waals surface area contributed by atoms with E-state index in [4.69, 9.17) is 4.74 Å². The molecule has 1 amide bonds. The van der Waals surface area contributed by atoms with Crippen molar-refractivity contribution in [3.05, 3.63) is 24.3 Å². The summed E-state index contributed by atoms with van der Waals surface area (Å²) in [6.07, 6.45) is 2.56. The summed E-state index contributed by atoms with van der Waals surface area (Å²) in [4.78, 5) is 12.5. The molecule has 0 saturated carbocycles. The number of sulfonamides is 1. The molecule has 7 heteroatoms. The second kappa shape index (κ2) is 7.31. The van der Waals surface area contributed by atoms with Crippen LogP contribution in [0.5, 0.6) is 5.75 Å². The van der Waals surface area contributed by atoms with Crippen molar-refractivity contribution >= 4 is 21.6 Å². The Hall–Kier alpha value is -1.60. The molecule has 0 unspecified atom stereocenters. The van der Waals surface area contributed by atoms with E-state index in [9.17, 15) is 13.2 Å². The van der Waals surface area contributed by atoms with Gasteiger partial charge in [0.2, 0.25) is 15.9 Å². The lowest BCUT2D eigenvalue weighted by atomic mass is 9.98. The van der Waals surface area contributed by atoms with Crippen molar-refractivity contribution in [2.45, 2.75) is 32.8 Å². The van der Waals surface area contributed by atoms with Gasteiger partial charge in [0.15, 0.2) is 0 Å². The van der Waals surface area contributed by atoms with Gasteiger partial charge in [-0.05, 0) is 38.8 Å². The molecular formula is C16H24N2O4S. The summed E-state index contributed by atoms with van der Waals surface area (Å²) in [5.41, 5.74) is 0.614. The van der Waals surface area contributed by atoms with Crippen molar-refractivity contribution < 1.29 is 17.9 Å². The Labute approximate surface area is 137 Å². The van der Waals surface area contributed by atoms with Gasteiger partial charge in [-0.3, -0.25) is 4.79 Å². The van der Waals surface area contributed by atoms with Gasteiger partial charge in [0.25, 0.3) is 0 Å². The molecule has 1 atom stereocenters. The molecule has 0 aromatic heterocycles. The molecule has 1 N–H and O–H groups in total. The van der Waals surface area contributed by atoms with Crippen molar-refractivity contribution in [3.8, 4) is 5.75 Å². The summed E-state index contributed by atoms with van der Waals surface area (Å²) < 4.78 is 30.4. The van der Waals surface area contributed by atoms with Crippen LogP contribution in [-0.4, -0.2) is 44.1 Å². The first-order chi connectivity index (χ1) is 10.8. The average molecular weight is 340 g/mol. The molecule has 1 saturated heterocycles. The summed E-state index contributed by atoms with van der Waals surface area (Å²) in [5, 5.41) is 2.87. The highest BCUT2D eigenvalue weighted by molar-refractivity contribution is 7.88. The lowest BCUT2D eigenvalue weighted by Gasteiger charge is -2.30. The molecular weight excluding hydrogens is 316 g/mol. The van der Waals surface area contributed by atoms with Gasteiger partial charge in [-0.1, -0.05) is 12.1 Å². The highest BCUT2D eigenvalue weighted by Gasteiger charge is 2.30. The number of para-hydroxylation sites is 2. The first kappa shape index (κ1) is 17.7. The summed E-state index contributed by atoms with van der Waals surface area (Å²) in [6, 6.07) is 7.26. The number of carbonyl (C=O) groups excluding carboxylic acids is 1. The number of anilines is 1. The Morgan fingerprint density at radius 3 is 2.70 bits per heavy atom. The minimum Gasteiger partial charge on any atom is -0.489 e. The molecule has 1 aromatic carbocycles. The number of piperidine rings is 1. The predicted octanol–water partition coefficient (Wildman–Crippen LogP) is 2.08. The second-order valence-electron chi connectivity index (χ2n) is 6.11. The van der Waals surface area contributed by atoms with E-state index in [2.05, 4.69) is 5.32 Å². The number of carbonyl (C=O) groups is 1. The van der Waals surface area contributed by atoms with Crippen LogP contribution in [0.4, 0.5) is 5.69 Å². The fourth-order valence-electron chi connectivity index (χ4n) is 2.62. The Balaban J connectivity index is 2.07. The summed E-state index contributed by atoms with van der Waals surface area (Å²) in [6.45, 7) is 4.56. The van der Waals surface area contributed by atoms with Gasteiger partial charge in [0.05, 0.1) is 24.0 Å². The van der Waals surface area contributed by atoms with Gasteiger partial charge in [-0.15, -0.1) is 0 Å². The standard InChI is InChI=1S/C16H24N2O4S/c1-12(2)22-15-9-5-4-8-14(15)17-16(19)13-7-6-10-18(11-13)23(3,20)21/h4-5,8-9,12-13H,6-7,10-11H2,1-3H3,(H,17,19)/t13-/m1/s1. The van der Waals surface area contributed by atoms with Crippen molar-refractivity contribution in [1.82, 2.24) is 4.31 Å². The van der Waals surface area contributed by atoms with Crippen molar-refractivity contribution in [1.29, 1.82) is 0 Å². The molecule has 1 aliphatic rings. The van der Waals surface area contributed by atoms with Crippen molar-refractivity contribution in [2.24, 2.45) is 5.92 Å². The highest BCUT2D eigenvalue weighted by Crippen LogP contribution is 2.27. The van der Waals surface area contributed by atoms with E-state index >= 15 is 0 Å². The first-order valence-electron chi connectivity index (χ1n) is 7.79. The highest BCUT2D eigenvalue weighted by atomic mass is 32.2. The third kappa shape index (κ3) is 4.94. The summed E-state index contributed by atoms with van der Waals surface area (Å²) >= 11 is 0. The lowest BCUT2D eigenvalue weighted by Crippen LogP contribution is -2.43. The second-order valence-corrected chi connectivity index (χ2v) is 8.09. The minimum atomic E-state index is -3.26. The largest absolute Gasteiger partial charge is 0.489 e. The maximum atomic E-state index is 12.5. The normalized spacial score (nSPS) is 19.6. The maximum absolute atomic E-state index is 12.5. The van der Waals surface area contributed by atoms with Crippen LogP contribution < -0.4 is 10.1 Å². The Morgan fingerprint density at radius 1 is 1.35 bits per heavy atom. The quantitative estimate of drug-likeness (QED) is 0.890. The molecule has 1 aliphatic heterocycles. The molecule has 128 valence electrons. The lowest BCUT2D eigenvalue weighted by molar-refractivity contribution is -0.120. The van der Waals surface area contributed by atoms with Gasteiger partial charge in [-0.2, -0.15) is 0 Å². The minimum absolute atomic E-state index is 0.00320. The topological polar surface area (TPSA) is 75.7 Å². The van der Waals surface area contributed by atoms with E-state index in [1.807, 2.05) is 26.0 Å². The maximum Gasteiger partial charge on any atom is 0.228 e. The summed E-state index contributed by atoms with van der Waals surface area (Å²) in [7, 11) is -3.26. The molecule has 1 aromatic rings. The number of nitrogens with zero attached hydrogens (tertiary/aromatic N) is 1. The van der Waals surface area contributed by atoms with Crippen molar-refractivity contribution in [3.63, 3.8) is 0 Å². The van der Waals surface area contributed by atoms with Crippen LogP contribution in [0.15, 0.2) is 24.3 Å². The molecule has 1 fully saturated rings. The van der Waals surface area contributed by atoms with E-state index in [0.29, 0.717) is 30.8 Å². The molecule has 1 heterocycles. The molecule has 0 aliphatic carbocycles. The number of amides is 1. The number of benzene rings is 1. The van der Waals surface area contributed by atoms with Crippen LogP contribution in [-0.2, 0) is 14.8 Å². The number of nitrogens with one attached hydrogen (secondary N) is 1. The zero-order chi connectivity index (χ0) is 17.0. The molecule has 0 spiro atoms. The fourth-order valence-corrected chi connectivity index (χ4v) is 3.53. The third-order valence-electron chi connectivity index (χ3n) is 3.73. The van der Waals surface area contributed by atoms with Crippen LogP contribution in [0, 0.1) is 5.92 Å². The Bertz CT molecular complexity index is 658. The van der Waals surface area contributed by atoms with Crippen molar-refractivity contribution in [2.75, 3.05) is 24.7 Å². The molecule has 23 heavy (non-hydrogen) atoms. The van der Waals surface area contributed by atoms with Gasteiger partial charge < -0.3 is 10.1 Å². The Kier molecular flexibility index (Phi) is 5.64. The molecule has 6 nitrogen and oxygen atoms in total. The number of hydrogen-bond donors (Lipinski definition) is 1. The molecule has 0 bridgehead atoms. The number of hydrogen-bond acceptors (Lipinski definition) is 4. The first-order valence-corrected chi connectivity index (χ1v) is 9.64. The average Bonchev–Trinajstić information content (AvgIpc) is 2.48. The van der Waals surface area contributed by atoms with Crippen LogP contribution in [0.25, 0.3) is 0 Å². The fraction of sp³-hybridized carbons (Fsp3) is 0.562. The zero-order valence-electron chi connectivity index (χ0n) is 13.8. The predicted molar refractivity (Wildman–Crippen MR) is 90.0 cm³/mol. The van der Waals surface area contributed by atoms with E-state index < -0.39 is 10.0 Å². The monoisotopic (exact) mass is 340 g/mol. The van der Waals surface area contributed by atoms with Crippen LogP contribution in [0.2, 0.25) is 0 Å². The molecule has 2 rings (SSSR count). The molecule has 0 radical (unpaired) electrons. The third-order valence-corrected chi connectivity index (χ3v) is 5.00. The van der Waals surface area contributed by atoms with Gasteiger partial charge >= 0.3 is 0 Å².